The quantitative estimate of drug-likeness (QED) is 0.280. The van der Waals surface area contributed by atoms with E-state index in [-0.39, 0.29) is 18.4 Å². The molecule has 9 heteroatoms. The number of nitrogens with one attached hydrogen (secondary N) is 1. The number of methoxy groups -OCH3 is 1. The van der Waals surface area contributed by atoms with Gasteiger partial charge in [-0.3, -0.25) is 19.4 Å². The molecule has 0 saturated carbocycles. The number of ether oxygens (including phenoxy) is 1. The molecule has 0 spiro atoms. The Balaban J connectivity index is 1.11. The first-order valence-electron chi connectivity index (χ1n) is 13.4. The largest absolute Gasteiger partial charge is 0.497 e. The minimum Gasteiger partial charge on any atom is -0.497 e. The topological polar surface area (TPSA) is 65.1 Å². The Morgan fingerprint density at radius 1 is 1.00 bits per heavy atom. The molecule has 0 radical (unpaired) electrons. The van der Waals surface area contributed by atoms with Crippen LogP contribution in [0.5, 0.6) is 5.75 Å². The van der Waals surface area contributed by atoms with E-state index in [0.29, 0.717) is 16.5 Å². The van der Waals surface area contributed by atoms with Crippen LogP contribution in [0.4, 0.5) is 11.4 Å². The summed E-state index contributed by atoms with van der Waals surface area (Å²) in [5.74, 6) is 0.496. The lowest BCUT2D eigenvalue weighted by Crippen LogP contribution is -2.47. The molecule has 208 valence electrons. The Labute approximate surface area is 244 Å². The van der Waals surface area contributed by atoms with Gasteiger partial charge in [0, 0.05) is 48.3 Å². The van der Waals surface area contributed by atoms with Crippen LogP contribution in [-0.2, 0) is 9.59 Å². The molecule has 0 atom stereocenters. The van der Waals surface area contributed by atoms with Crippen molar-refractivity contribution in [2.75, 3.05) is 62.7 Å². The van der Waals surface area contributed by atoms with Gasteiger partial charge in [0.2, 0.25) is 5.91 Å². The number of amides is 2. The molecular formula is C31H33ClN4O3S. The maximum atomic E-state index is 13.4. The Morgan fingerprint density at radius 3 is 2.48 bits per heavy atom. The number of thioether (sulfide) groups is 1. The Hall–Kier alpha value is -3.46. The van der Waals surface area contributed by atoms with Gasteiger partial charge in [-0.15, -0.1) is 0 Å². The highest BCUT2D eigenvalue weighted by Gasteiger charge is 2.30. The van der Waals surface area contributed by atoms with Crippen LogP contribution in [0.1, 0.15) is 12.0 Å². The van der Waals surface area contributed by atoms with Gasteiger partial charge < -0.3 is 15.0 Å². The molecule has 7 nitrogen and oxygen atoms in total. The van der Waals surface area contributed by atoms with E-state index in [1.165, 1.54) is 17.4 Å². The van der Waals surface area contributed by atoms with Crippen LogP contribution in [0.2, 0.25) is 5.02 Å². The zero-order valence-corrected chi connectivity index (χ0v) is 24.1. The fraction of sp³-hybridized carbons (Fsp3) is 0.290. The summed E-state index contributed by atoms with van der Waals surface area (Å²) in [5.41, 5.74) is 2.73. The van der Waals surface area contributed by atoms with Gasteiger partial charge in [0.05, 0.1) is 17.7 Å². The number of para-hydroxylation sites is 1. The summed E-state index contributed by atoms with van der Waals surface area (Å²) in [6, 6.07) is 23.3. The first-order valence-corrected chi connectivity index (χ1v) is 14.6. The van der Waals surface area contributed by atoms with E-state index >= 15 is 0 Å². The molecule has 3 aromatic carbocycles. The number of piperazine rings is 1. The van der Waals surface area contributed by atoms with Gasteiger partial charge in [-0.1, -0.05) is 53.7 Å². The summed E-state index contributed by atoms with van der Waals surface area (Å²) in [6.45, 7) is 5.36. The molecular weight excluding hydrogens is 544 g/mol. The van der Waals surface area contributed by atoms with Crippen molar-refractivity contribution in [1.29, 1.82) is 0 Å². The number of rotatable bonds is 9. The number of fused-ring (bicyclic) bond motifs is 1. The van der Waals surface area contributed by atoms with Gasteiger partial charge in [0.1, 0.15) is 12.3 Å². The highest BCUT2D eigenvalue weighted by Crippen LogP contribution is 2.42. The third kappa shape index (κ3) is 6.81. The van der Waals surface area contributed by atoms with Gasteiger partial charge in [-0.25, -0.2) is 0 Å². The Bertz CT molecular complexity index is 1370. The van der Waals surface area contributed by atoms with Gasteiger partial charge in [0.15, 0.2) is 0 Å². The van der Waals surface area contributed by atoms with Crippen LogP contribution in [0, 0.1) is 0 Å². The lowest BCUT2D eigenvalue weighted by Gasteiger charge is -2.36. The van der Waals surface area contributed by atoms with Gasteiger partial charge in [-0.2, -0.15) is 0 Å². The molecule has 1 saturated heterocycles. The summed E-state index contributed by atoms with van der Waals surface area (Å²) >= 11 is 7.73. The number of nitrogens with zero attached hydrogens (tertiary/aromatic N) is 3. The Morgan fingerprint density at radius 2 is 1.73 bits per heavy atom. The number of hydrogen-bond donors (Lipinski definition) is 1. The highest BCUT2D eigenvalue weighted by molar-refractivity contribution is 8.04. The third-order valence-electron chi connectivity index (χ3n) is 7.11. The second kappa shape index (κ2) is 13.3. The maximum Gasteiger partial charge on any atom is 0.265 e. The first-order chi connectivity index (χ1) is 19.5. The number of anilines is 2. The molecule has 3 aromatic rings. The molecule has 0 unspecified atom stereocenters. The van der Waals surface area contributed by atoms with E-state index in [0.717, 1.165) is 61.0 Å². The van der Waals surface area contributed by atoms with E-state index in [4.69, 9.17) is 16.3 Å². The van der Waals surface area contributed by atoms with Crippen LogP contribution in [0.3, 0.4) is 0 Å². The number of carbonyl (C=O) groups excluding carboxylic acids is 2. The zero-order valence-electron chi connectivity index (χ0n) is 22.5. The van der Waals surface area contributed by atoms with E-state index in [2.05, 4.69) is 27.2 Å². The monoisotopic (exact) mass is 576 g/mol. The van der Waals surface area contributed by atoms with Crippen LogP contribution in [0.25, 0.3) is 6.08 Å². The summed E-state index contributed by atoms with van der Waals surface area (Å²) < 4.78 is 5.26. The minimum absolute atomic E-state index is 0.0309. The summed E-state index contributed by atoms with van der Waals surface area (Å²) in [6.07, 6.45) is 2.65. The van der Waals surface area contributed by atoms with Crippen molar-refractivity contribution in [3.05, 3.63) is 88.3 Å². The fourth-order valence-corrected chi connectivity index (χ4v) is 6.15. The minimum atomic E-state index is -0.200. The van der Waals surface area contributed by atoms with Gasteiger partial charge in [-0.05, 0) is 67.1 Å². The molecule has 5 rings (SSSR count). The molecule has 0 bridgehead atoms. The third-order valence-corrected chi connectivity index (χ3v) is 8.53. The lowest BCUT2D eigenvalue weighted by atomic mass is 10.2. The van der Waals surface area contributed by atoms with Crippen LogP contribution >= 0.6 is 23.4 Å². The molecule has 2 aliphatic heterocycles. The van der Waals surface area contributed by atoms with Crippen molar-refractivity contribution >= 4 is 52.6 Å². The predicted octanol–water partition coefficient (Wildman–Crippen LogP) is 5.16. The van der Waals surface area contributed by atoms with E-state index in [9.17, 15) is 9.59 Å². The van der Waals surface area contributed by atoms with Crippen molar-refractivity contribution < 1.29 is 14.3 Å². The normalized spacial score (nSPS) is 16.6. The van der Waals surface area contributed by atoms with Crippen molar-refractivity contribution in [2.45, 2.75) is 11.3 Å². The molecule has 2 aliphatic rings. The number of halogens is 1. The van der Waals surface area contributed by atoms with E-state index in [1.54, 1.807) is 24.2 Å². The first kappa shape index (κ1) is 28.1. The molecule has 1 fully saturated rings. The summed E-state index contributed by atoms with van der Waals surface area (Å²) in [7, 11) is 1.68. The predicted molar refractivity (Wildman–Crippen MR) is 163 cm³/mol. The standard InChI is InChI=1S/C31H33ClN4O3S/c1-39-25-13-11-24(12-14-25)35-19-17-34(18-20-35)16-6-15-33-30(37)22-36-27-9-4-5-10-28(27)40-29(31(36)38)21-23-7-2-3-8-26(23)32/h2-5,7-14,21H,6,15-20,22H2,1H3,(H,33,37). The lowest BCUT2D eigenvalue weighted by molar-refractivity contribution is -0.122. The van der Waals surface area contributed by atoms with E-state index in [1.807, 2.05) is 54.6 Å². The summed E-state index contributed by atoms with van der Waals surface area (Å²) in [5, 5.41) is 3.59. The van der Waals surface area contributed by atoms with Gasteiger partial charge in [0.25, 0.3) is 5.91 Å². The number of carbonyl (C=O) groups is 2. The zero-order chi connectivity index (χ0) is 27.9. The number of benzene rings is 3. The van der Waals surface area contributed by atoms with E-state index < -0.39 is 0 Å². The average molecular weight is 577 g/mol. The van der Waals surface area contributed by atoms with Gasteiger partial charge >= 0.3 is 0 Å². The van der Waals surface area contributed by atoms with Crippen LogP contribution in [0.15, 0.2) is 82.6 Å². The second-order valence-corrected chi connectivity index (χ2v) is 11.2. The van der Waals surface area contributed by atoms with Crippen molar-refractivity contribution in [1.82, 2.24) is 10.2 Å². The average Bonchev–Trinajstić information content (AvgIpc) is 2.99. The molecule has 0 aliphatic carbocycles. The molecule has 0 aromatic heterocycles. The Kier molecular flexibility index (Phi) is 9.31. The van der Waals surface area contributed by atoms with Crippen molar-refractivity contribution in [3.8, 4) is 5.75 Å². The van der Waals surface area contributed by atoms with Crippen LogP contribution < -0.4 is 19.9 Å². The number of hydrogen-bond acceptors (Lipinski definition) is 6. The SMILES string of the molecule is COc1ccc(N2CCN(CCCNC(=O)CN3C(=O)C(=Cc4ccccc4Cl)Sc4ccccc43)CC2)cc1. The maximum absolute atomic E-state index is 13.4. The van der Waals surface area contributed by atoms with Crippen molar-refractivity contribution in [2.24, 2.45) is 0 Å². The summed E-state index contributed by atoms with van der Waals surface area (Å²) in [4.78, 5) is 34.2. The second-order valence-electron chi connectivity index (χ2n) is 9.72. The molecule has 40 heavy (non-hydrogen) atoms. The highest BCUT2D eigenvalue weighted by atomic mass is 35.5. The molecule has 1 N–H and O–H groups in total. The molecule has 2 amide bonds. The fourth-order valence-electron chi connectivity index (χ4n) is 4.91. The smallest absolute Gasteiger partial charge is 0.265 e. The molecule has 2 heterocycles. The van der Waals surface area contributed by atoms with Crippen LogP contribution in [-0.4, -0.2) is 69.6 Å². The van der Waals surface area contributed by atoms with Crippen molar-refractivity contribution in [3.63, 3.8) is 0 Å².